The van der Waals surface area contributed by atoms with Crippen LogP contribution < -0.4 is 10.5 Å². The van der Waals surface area contributed by atoms with Crippen molar-refractivity contribution in [1.82, 2.24) is 19.9 Å². The maximum Gasteiger partial charge on any atom is 0.241 e. The molecule has 0 saturated carbocycles. The van der Waals surface area contributed by atoms with Gasteiger partial charge in [0.25, 0.3) is 0 Å². The van der Waals surface area contributed by atoms with Crippen LogP contribution in [-0.2, 0) is 10.0 Å². The molecule has 1 aromatic heterocycles. The first-order chi connectivity index (χ1) is 8.90. The number of H-pyrrole nitrogens is 1. The van der Waals surface area contributed by atoms with Crippen molar-refractivity contribution in [3.8, 4) is 0 Å². The first-order valence-corrected chi connectivity index (χ1v) is 7.12. The van der Waals surface area contributed by atoms with Crippen molar-refractivity contribution in [3.05, 3.63) is 35.9 Å². The fourth-order valence-corrected chi connectivity index (χ4v) is 3.17. The molecule has 0 fully saturated rings. The summed E-state index contributed by atoms with van der Waals surface area (Å²) in [6, 6.07) is 4.26. The first-order valence-electron chi connectivity index (χ1n) is 5.64. The van der Waals surface area contributed by atoms with Crippen LogP contribution in [0.1, 0.15) is 24.4 Å². The molecular weight excluding hydrogens is 266 g/mol. The molecule has 2 aromatic rings. The summed E-state index contributed by atoms with van der Waals surface area (Å²) in [5.74, 6) is 0.449. The van der Waals surface area contributed by atoms with Crippen molar-refractivity contribution in [2.75, 3.05) is 5.73 Å². The van der Waals surface area contributed by atoms with Crippen LogP contribution >= 0.6 is 0 Å². The van der Waals surface area contributed by atoms with Crippen LogP contribution in [0.25, 0.3) is 0 Å². The molecule has 7 nitrogen and oxygen atoms in total. The Morgan fingerprint density at radius 3 is 2.79 bits per heavy atom. The van der Waals surface area contributed by atoms with E-state index in [0.29, 0.717) is 17.1 Å². The largest absolute Gasteiger partial charge is 0.399 e. The number of aromatic amines is 1. The second kappa shape index (κ2) is 4.98. The standard InChI is InChI=1S/C11H15N5O2S/c1-7-3-4-9(12)5-10(7)19(17,18)16-8(2)11-13-6-14-15-11/h3-6,8,16H,12H2,1-2H3,(H,13,14,15). The van der Waals surface area contributed by atoms with Gasteiger partial charge >= 0.3 is 0 Å². The van der Waals surface area contributed by atoms with Gasteiger partial charge in [-0.2, -0.15) is 5.10 Å². The van der Waals surface area contributed by atoms with Gasteiger partial charge in [0.1, 0.15) is 12.2 Å². The fraction of sp³-hybridized carbons (Fsp3) is 0.273. The number of sulfonamides is 1. The van der Waals surface area contributed by atoms with Gasteiger partial charge in [-0.3, -0.25) is 5.10 Å². The Kier molecular flexibility index (Phi) is 3.54. The number of hydrogen-bond acceptors (Lipinski definition) is 5. The number of nitrogens with two attached hydrogens (primary N) is 1. The number of aromatic nitrogens is 3. The lowest BCUT2D eigenvalue weighted by Crippen LogP contribution is -2.28. The number of nitrogen functional groups attached to an aromatic ring is 1. The molecule has 0 radical (unpaired) electrons. The van der Waals surface area contributed by atoms with Crippen molar-refractivity contribution >= 4 is 15.7 Å². The highest BCUT2D eigenvalue weighted by molar-refractivity contribution is 7.89. The minimum Gasteiger partial charge on any atom is -0.399 e. The van der Waals surface area contributed by atoms with E-state index in [1.807, 2.05) is 0 Å². The molecule has 1 atom stereocenters. The second-order valence-corrected chi connectivity index (χ2v) is 5.92. The molecule has 0 aliphatic rings. The predicted octanol–water partition coefficient (Wildman–Crippen LogP) is 0.735. The average Bonchev–Trinajstić information content (AvgIpc) is 2.85. The predicted molar refractivity (Wildman–Crippen MR) is 70.7 cm³/mol. The lowest BCUT2D eigenvalue weighted by molar-refractivity contribution is 0.560. The summed E-state index contributed by atoms with van der Waals surface area (Å²) in [5.41, 5.74) is 6.66. The monoisotopic (exact) mass is 281 g/mol. The summed E-state index contributed by atoms with van der Waals surface area (Å²) in [6.07, 6.45) is 1.33. The zero-order valence-electron chi connectivity index (χ0n) is 10.6. The van der Waals surface area contributed by atoms with Gasteiger partial charge in [-0.25, -0.2) is 18.1 Å². The summed E-state index contributed by atoms with van der Waals surface area (Å²) in [4.78, 5) is 4.08. The molecule has 8 heteroatoms. The number of anilines is 1. The minimum atomic E-state index is -3.66. The number of benzene rings is 1. The van der Waals surface area contributed by atoms with Crippen molar-refractivity contribution in [2.24, 2.45) is 0 Å². The minimum absolute atomic E-state index is 0.166. The zero-order chi connectivity index (χ0) is 14.0. The van der Waals surface area contributed by atoms with Crippen LogP contribution in [0, 0.1) is 6.92 Å². The van der Waals surface area contributed by atoms with E-state index in [-0.39, 0.29) is 4.90 Å². The van der Waals surface area contributed by atoms with Gasteiger partial charge < -0.3 is 5.73 Å². The van der Waals surface area contributed by atoms with Crippen molar-refractivity contribution in [1.29, 1.82) is 0 Å². The maximum absolute atomic E-state index is 12.3. The highest BCUT2D eigenvalue weighted by Gasteiger charge is 2.21. The molecule has 0 saturated heterocycles. The SMILES string of the molecule is Cc1ccc(N)cc1S(=O)(=O)NC(C)c1ncn[nH]1. The van der Waals surface area contributed by atoms with Gasteiger partial charge in [-0.05, 0) is 31.5 Å². The molecular formula is C11H15N5O2S. The summed E-state index contributed by atoms with van der Waals surface area (Å²) in [6.45, 7) is 3.40. The van der Waals surface area contributed by atoms with Crippen LogP contribution in [0.15, 0.2) is 29.4 Å². The third-order valence-electron chi connectivity index (χ3n) is 2.68. The van der Waals surface area contributed by atoms with E-state index in [1.54, 1.807) is 26.0 Å². The quantitative estimate of drug-likeness (QED) is 0.715. The Morgan fingerprint density at radius 1 is 1.42 bits per heavy atom. The topological polar surface area (TPSA) is 114 Å². The van der Waals surface area contributed by atoms with E-state index in [4.69, 9.17) is 5.73 Å². The molecule has 0 aliphatic heterocycles. The molecule has 0 bridgehead atoms. The van der Waals surface area contributed by atoms with Gasteiger partial charge in [0.2, 0.25) is 10.0 Å². The Balaban J connectivity index is 2.30. The van der Waals surface area contributed by atoms with E-state index in [2.05, 4.69) is 19.9 Å². The Hall–Kier alpha value is -1.93. The second-order valence-electron chi connectivity index (χ2n) is 4.24. The lowest BCUT2D eigenvalue weighted by Gasteiger charge is -2.13. The van der Waals surface area contributed by atoms with Crippen molar-refractivity contribution < 1.29 is 8.42 Å². The summed E-state index contributed by atoms with van der Waals surface area (Å²) >= 11 is 0. The van der Waals surface area contributed by atoms with E-state index >= 15 is 0 Å². The van der Waals surface area contributed by atoms with Crippen LogP contribution in [0.2, 0.25) is 0 Å². The molecule has 0 aliphatic carbocycles. The molecule has 1 aromatic carbocycles. The number of nitrogens with zero attached hydrogens (tertiary/aromatic N) is 2. The van der Waals surface area contributed by atoms with Crippen LogP contribution in [-0.4, -0.2) is 23.6 Å². The molecule has 1 heterocycles. The maximum atomic E-state index is 12.3. The van der Waals surface area contributed by atoms with Gasteiger partial charge in [0.15, 0.2) is 0 Å². The van der Waals surface area contributed by atoms with Crippen molar-refractivity contribution in [2.45, 2.75) is 24.8 Å². The zero-order valence-corrected chi connectivity index (χ0v) is 11.4. The van der Waals surface area contributed by atoms with Gasteiger partial charge in [0, 0.05) is 5.69 Å². The van der Waals surface area contributed by atoms with Gasteiger partial charge in [0.05, 0.1) is 10.9 Å². The molecule has 0 amide bonds. The molecule has 4 N–H and O–H groups in total. The van der Waals surface area contributed by atoms with Crippen LogP contribution in [0.3, 0.4) is 0 Å². The van der Waals surface area contributed by atoms with E-state index in [0.717, 1.165) is 0 Å². The molecule has 2 rings (SSSR count). The highest BCUT2D eigenvalue weighted by atomic mass is 32.2. The Labute approximate surface area is 111 Å². The molecule has 1 unspecified atom stereocenters. The van der Waals surface area contributed by atoms with E-state index in [1.165, 1.54) is 12.4 Å². The number of nitrogens with one attached hydrogen (secondary N) is 2. The third kappa shape index (κ3) is 2.91. The molecule has 19 heavy (non-hydrogen) atoms. The lowest BCUT2D eigenvalue weighted by atomic mass is 10.2. The number of aryl methyl sites for hydroxylation is 1. The third-order valence-corrected chi connectivity index (χ3v) is 4.36. The molecule has 0 spiro atoms. The Bertz CT molecular complexity index is 666. The number of hydrogen-bond donors (Lipinski definition) is 3. The summed E-state index contributed by atoms with van der Waals surface area (Å²) in [7, 11) is -3.66. The Morgan fingerprint density at radius 2 is 2.16 bits per heavy atom. The fourth-order valence-electron chi connectivity index (χ4n) is 1.68. The van der Waals surface area contributed by atoms with Crippen LogP contribution in [0.5, 0.6) is 0 Å². The summed E-state index contributed by atoms with van der Waals surface area (Å²) in [5, 5.41) is 6.31. The highest BCUT2D eigenvalue weighted by Crippen LogP contribution is 2.20. The van der Waals surface area contributed by atoms with Crippen LogP contribution in [0.4, 0.5) is 5.69 Å². The van der Waals surface area contributed by atoms with Crippen molar-refractivity contribution in [3.63, 3.8) is 0 Å². The molecule has 102 valence electrons. The van der Waals surface area contributed by atoms with Gasteiger partial charge in [-0.15, -0.1) is 0 Å². The smallest absolute Gasteiger partial charge is 0.241 e. The number of rotatable bonds is 4. The average molecular weight is 281 g/mol. The van der Waals surface area contributed by atoms with Gasteiger partial charge in [-0.1, -0.05) is 6.07 Å². The van der Waals surface area contributed by atoms with E-state index < -0.39 is 16.1 Å². The normalized spacial score (nSPS) is 13.4. The van der Waals surface area contributed by atoms with E-state index in [9.17, 15) is 8.42 Å². The summed E-state index contributed by atoms with van der Waals surface area (Å²) < 4.78 is 27.1. The first kappa shape index (κ1) is 13.5.